The molecule has 0 aromatic heterocycles. The first-order valence-electron chi connectivity index (χ1n) is 5.76. The van der Waals surface area contributed by atoms with Crippen molar-refractivity contribution in [1.82, 2.24) is 0 Å². The van der Waals surface area contributed by atoms with E-state index in [0.717, 1.165) is 16.8 Å². The Kier molecular flexibility index (Phi) is 2.61. The summed E-state index contributed by atoms with van der Waals surface area (Å²) in [5, 5.41) is 0. The predicted octanol–water partition coefficient (Wildman–Crippen LogP) is 2.30. The lowest BCUT2D eigenvalue weighted by atomic mass is 9.78. The van der Waals surface area contributed by atoms with Gasteiger partial charge in [0.2, 0.25) is 0 Å². The van der Waals surface area contributed by atoms with Crippen LogP contribution < -0.4 is 10.1 Å². The number of hydrogen-bond donors (Lipinski definition) is 0. The highest BCUT2D eigenvalue weighted by atomic mass is 16.6. The van der Waals surface area contributed by atoms with Gasteiger partial charge in [-0.15, -0.1) is 0 Å². The molecule has 0 saturated carbocycles. The van der Waals surface area contributed by atoms with Gasteiger partial charge in [0.25, 0.3) is 0 Å². The molecule has 1 heterocycles. The Morgan fingerprint density at radius 3 is 2.71 bits per heavy atom. The second-order valence-corrected chi connectivity index (χ2v) is 4.28. The van der Waals surface area contributed by atoms with E-state index < -0.39 is 0 Å². The second kappa shape index (κ2) is 4.26. The Labute approximate surface area is 101 Å². The van der Waals surface area contributed by atoms with E-state index in [2.05, 4.69) is 25.1 Å². The standard InChI is InChI=1S/C14H13BO2/c1-11-7-8-12-10-16-15(17-14(12)9-11)13-5-3-2-4-6-13/h2-9H,10H2,1H3. The zero-order valence-corrected chi connectivity index (χ0v) is 9.72. The van der Waals surface area contributed by atoms with Gasteiger partial charge in [-0.1, -0.05) is 42.5 Å². The van der Waals surface area contributed by atoms with Gasteiger partial charge in [0.1, 0.15) is 5.75 Å². The lowest BCUT2D eigenvalue weighted by Crippen LogP contribution is -2.42. The molecule has 0 saturated heterocycles. The van der Waals surface area contributed by atoms with Crippen LogP contribution >= 0.6 is 0 Å². The first kappa shape index (κ1) is 10.4. The van der Waals surface area contributed by atoms with Crippen LogP contribution in [0.5, 0.6) is 5.75 Å². The minimum Gasteiger partial charge on any atom is -0.532 e. The van der Waals surface area contributed by atoms with Gasteiger partial charge in [0.05, 0.1) is 6.61 Å². The van der Waals surface area contributed by atoms with Crippen LogP contribution in [-0.4, -0.2) is 7.12 Å². The zero-order valence-electron chi connectivity index (χ0n) is 9.72. The Morgan fingerprint density at radius 2 is 1.88 bits per heavy atom. The Hall–Kier alpha value is -1.74. The average Bonchev–Trinajstić information content (AvgIpc) is 2.39. The van der Waals surface area contributed by atoms with E-state index in [9.17, 15) is 0 Å². The molecule has 0 amide bonds. The first-order valence-corrected chi connectivity index (χ1v) is 5.76. The Balaban J connectivity index is 1.90. The predicted molar refractivity (Wildman–Crippen MR) is 68.4 cm³/mol. The van der Waals surface area contributed by atoms with Crippen molar-refractivity contribution in [3.05, 3.63) is 59.7 Å². The van der Waals surface area contributed by atoms with Gasteiger partial charge in [-0.3, -0.25) is 0 Å². The number of fused-ring (bicyclic) bond motifs is 1. The van der Waals surface area contributed by atoms with Crippen LogP contribution in [0.25, 0.3) is 0 Å². The monoisotopic (exact) mass is 224 g/mol. The van der Waals surface area contributed by atoms with Gasteiger partial charge in [0.15, 0.2) is 0 Å². The number of aryl methyl sites for hydroxylation is 1. The van der Waals surface area contributed by atoms with Crippen molar-refractivity contribution in [2.45, 2.75) is 13.5 Å². The second-order valence-electron chi connectivity index (χ2n) is 4.28. The Bertz CT molecular complexity index is 525. The SMILES string of the molecule is Cc1ccc2c(c1)OB(c1ccccc1)OC2. The molecule has 0 fully saturated rings. The van der Waals surface area contributed by atoms with E-state index >= 15 is 0 Å². The molecule has 0 bridgehead atoms. The van der Waals surface area contributed by atoms with Crippen LogP contribution in [0.4, 0.5) is 0 Å². The van der Waals surface area contributed by atoms with E-state index in [1.165, 1.54) is 5.56 Å². The average molecular weight is 224 g/mol. The van der Waals surface area contributed by atoms with E-state index in [1.54, 1.807) is 0 Å². The lowest BCUT2D eigenvalue weighted by Gasteiger charge is -2.24. The van der Waals surface area contributed by atoms with E-state index in [4.69, 9.17) is 9.31 Å². The van der Waals surface area contributed by atoms with Gasteiger partial charge in [-0.05, 0) is 24.0 Å². The molecule has 1 aliphatic rings. The summed E-state index contributed by atoms with van der Waals surface area (Å²) in [6.45, 7) is 2.67. The lowest BCUT2D eigenvalue weighted by molar-refractivity contribution is 0.238. The molecule has 0 atom stereocenters. The summed E-state index contributed by atoms with van der Waals surface area (Å²) in [6, 6.07) is 16.2. The molecule has 0 unspecified atom stereocenters. The maximum atomic E-state index is 5.88. The third-order valence-corrected chi connectivity index (χ3v) is 2.92. The molecule has 0 radical (unpaired) electrons. The topological polar surface area (TPSA) is 18.5 Å². The van der Waals surface area contributed by atoms with Crippen molar-refractivity contribution in [3.8, 4) is 5.75 Å². The zero-order chi connectivity index (χ0) is 11.7. The van der Waals surface area contributed by atoms with Crippen LogP contribution in [0.3, 0.4) is 0 Å². The largest absolute Gasteiger partial charge is 0.563 e. The van der Waals surface area contributed by atoms with E-state index in [0.29, 0.717) is 6.61 Å². The molecular formula is C14H13BO2. The van der Waals surface area contributed by atoms with Crippen molar-refractivity contribution in [2.24, 2.45) is 0 Å². The maximum absolute atomic E-state index is 5.88. The van der Waals surface area contributed by atoms with Gasteiger partial charge in [-0.2, -0.15) is 0 Å². The van der Waals surface area contributed by atoms with Gasteiger partial charge < -0.3 is 9.31 Å². The molecule has 2 nitrogen and oxygen atoms in total. The van der Waals surface area contributed by atoms with Gasteiger partial charge in [-0.25, -0.2) is 0 Å². The van der Waals surface area contributed by atoms with Crippen molar-refractivity contribution >= 4 is 12.6 Å². The summed E-state index contributed by atoms with van der Waals surface area (Å²) < 4.78 is 11.6. The first-order chi connectivity index (χ1) is 8.33. The van der Waals surface area contributed by atoms with E-state index in [-0.39, 0.29) is 7.12 Å². The van der Waals surface area contributed by atoms with Crippen molar-refractivity contribution in [3.63, 3.8) is 0 Å². The maximum Gasteiger partial charge on any atom is 0.563 e. The Morgan fingerprint density at radius 1 is 1.06 bits per heavy atom. The molecule has 1 aliphatic heterocycles. The third kappa shape index (κ3) is 2.06. The summed E-state index contributed by atoms with van der Waals surface area (Å²) in [5.41, 5.74) is 3.37. The van der Waals surface area contributed by atoms with Crippen molar-refractivity contribution in [2.75, 3.05) is 0 Å². The highest BCUT2D eigenvalue weighted by Crippen LogP contribution is 2.25. The van der Waals surface area contributed by atoms with Crippen LogP contribution in [0.1, 0.15) is 11.1 Å². The van der Waals surface area contributed by atoms with Crippen molar-refractivity contribution < 1.29 is 9.31 Å². The van der Waals surface area contributed by atoms with Crippen LogP contribution in [0, 0.1) is 6.92 Å². The van der Waals surface area contributed by atoms with Crippen LogP contribution in [-0.2, 0) is 11.3 Å². The smallest absolute Gasteiger partial charge is 0.532 e. The molecule has 0 N–H and O–H groups in total. The molecule has 3 rings (SSSR count). The quantitative estimate of drug-likeness (QED) is 0.692. The fraction of sp³-hybridized carbons (Fsp3) is 0.143. The van der Waals surface area contributed by atoms with E-state index in [1.807, 2.05) is 30.3 Å². The number of hydrogen-bond acceptors (Lipinski definition) is 2. The molecule has 0 spiro atoms. The number of benzene rings is 2. The minimum absolute atomic E-state index is 0.287. The number of rotatable bonds is 1. The normalized spacial score (nSPS) is 14.1. The molecule has 3 heteroatoms. The fourth-order valence-electron chi connectivity index (χ4n) is 1.98. The van der Waals surface area contributed by atoms with Crippen LogP contribution in [0.2, 0.25) is 0 Å². The highest BCUT2D eigenvalue weighted by Gasteiger charge is 2.28. The molecule has 2 aromatic carbocycles. The van der Waals surface area contributed by atoms with Gasteiger partial charge in [0, 0.05) is 5.56 Å². The molecule has 84 valence electrons. The summed E-state index contributed by atoms with van der Waals surface area (Å²) in [6.07, 6.45) is 0. The summed E-state index contributed by atoms with van der Waals surface area (Å²) >= 11 is 0. The summed E-state index contributed by atoms with van der Waals surface area (Å²) in [5.74, 6) is 0.935. The van der Waals surface area contributed by atoms with Gasteiger partial charge >= 0.3 is 7.12 Å². The van der Waals surface area contributed by atoms with Crippen molar-refractivity contribution in [1.29, 1.82) is 0 Å². The highest BCUT2D eigenvalue weighted by molar-refractivity contribution is 6.62. The van der Waals surface area contributed by atoms with Crippen LogP contribution in [0.15, 0.2) is 48.5 Å². The summed E-state index contributed by atoms with van der Waals surface area (Å²) in [4.78, 5) is 0. The minimum atomic E-state index is -0.287. The summed E-state index contributed by atoms with van der Waals surface area (Å²) in [7, 11) is -0.287. The third-order valence-electron chi connectivity index (χ3n) is 2.92. The molecule has 2 aromatic rings. The molecule has 0 aliphatic carbocycles. The fourth-order valence-corrected chi connectivity index (χ4v) is 1.98. The molecule has 17 heavy (non-hydrogen) atoms. The molecular weight excluding hydrogens is 211 g/mol.